The van der Waals surface area contributed by atoms with E-state index in [0.29, 0.717) is 13.0 Å². The van der Waals surface area contributed by atoms with Gasteiger partial charge in [-0.15, -0.1) is 0 Å². The number of carbonyl (C=O) groups is 2. The Morgan fingerprint density at radius 3 is 2.16 bits per heavy atom. The molecule has 0 radical (unpaired) electrons. The third-order valence-corrected chi connectivity index (χ3v) is 6.15. The van der Waals surface area contributed by atoms with Crippen molar-refractivity contribution in [2.24, 2.45) is 0 Å². The number of benzene rings is 2. The zero-order valence-corrected chi connectivity index (χ0v) is 18.6. The van der Waals surface area contributed by atoms with E-state index in [2.05, 4.69) is 69.0 Å². The number of hydrogen-bond donors (Lipinski definition) is 2. The predicted molar refractivity (Wildman–Crippen MR) is 123 cm³/mol. The molecule has 2 fully saturated rings. The van der Waals surface area contributed by atoms with Gasteiger partial charge in [-0.2, -0.15) is 0 Å². The summed E-state index contributed by atoms with van der Waals surface area (Å²) in [5, 5.41) is 6.46. The Hall–Kier alpha value is -2.74. The summed E-state index contributed by atoms with van der Waals surface area (Å²) in [6, 6.07) is 21.2. The molecule has 32 heavy (non-hydrogen) atoms. The number of amides is 1. The van der Waals surface area contributed by atoms with Crippen LogP contribution in [0.25, 0.3) is 0 Å². The van der Waals surface area contributed by atoms with Crippen LogP contribution in [0, 0.1) is 0 Å². The molecular weight excluding hydrogens is 404 g/mol. The highest BCUT2D eigenvalue weighted by atomic mass is 16.5. The van der Waals surface area contributed by atoms with Crippen molar-refractivity contribution >= 4 is 11.9 Å². The summed E-state index contributed by atoms with van der Waals surface area (Å²) in [7, 11) is 0. The van der Waals surface area contributed by atoms with Crippen LogP contribution in [0.1, 0.15) is 36.9 Å². The topological polar surface area (TPSA) is 73.9 Å². The fourth-order valence-electron chi connectivity index (χ4n) is 4.65. The molecule has 0 aliphatic carbocycles. The minimum atomic E-state index is -0.267. The van der Waals surface area contributed by atoms with Crippen molar-refractivity contribution in [3.63, 3.8) is 0 Å². The van der Waals surface area contributed by atoms with Gasteiger partial charge in [0.1, 0.15) is 6.29 Å². The SMILES string of the molecule is CCOC(=O)CC1CC(=O)NC(N2CCN(C(c3ccccc3)c3ccccc3)CC2)N1. The Morgan fingerprint density at radius 2 is 1.59 bits per heavy atom. The molecule has 2 saturated heterocycles. The van der Waals surface area contributed by atoms with Gasteiger partial charge in [0.25, 0.3) is 0 Å². The summed E-state index contributed by atoms with van der Waals surface area (Å²) in [6.07, 6.45) is 0.242. The van der Waals surface area contributed by atoms with Gasteiger partial charge >= 0.3 is 5.97 Å². The Kier molecular flexibility index (Phi) is 7.52. The highest BCUT2D eigenvalue weighted by molar-refractivity contribution is 5.79. The van der Waals surface area contributed by atoms with E-state index in [9.17, 15) is 9.59 Å². The van der Waals surface area contributed by atoms with Crippen molar-refractivity contribution in [3.8, 4) is 0 Å². The van der Waals surface area contributed by atoms with E-state index in [0.717, 1.165) is 26.2 Å². The van der Waals surface area contributed by atoms with Crippen LogP contribution in [0.4, 0.5) is 0 Å². The predicted octanol–water partition coefficient (Wildman–Crippen LogP) is 2.11. The van der Waals surface area contributed by atoms with E-state index in [4.69, 9.17) is 4.74 Å². The van der Waals surface area contributed by atoms with E-state index < -0.39 is 0 Å². The van der Waals surface area contributed by atoms with Crippen LogP contribution >= 0.6 is 0 Å². The molecule has 170 valence electrons. The van der Waals surface area contributed by atoms with Crippen molar-refractivity contribution < 1.29 is 14.3 Å². The molecule has 2 aromatic carbocycles. The molecule has 7 nitrogen and oxygen atoms in total. The maximum atomic E-state index is 12.3. The minimum Gasteiger partial charge on any atom is -0.466 e. The van der Waals surface area contributed by atoms with Crippen LogP contribution in [-0.2, 0) is 14.3 Å². The Labute approximate surface area is 189 Å². The number of nitrogens with zero attached hydrogens (tertiary/aromatic N) is 2. The average molecular weight is 437 g/mol. The summed E-state index contributed by atoms with van der Waals surface area (Å²) in [5.74, 6) is -0.297. The summed E-state index contributed by atoms with van der Waals surface area (Å²) in [5.41, 5.74) is 2.57. The highest BCUT2D eigenvalue weighted by Crippen LogP contribution is 2.29. The molecule has 4 rings (SSSR count). The molecule has 0 aromatic heterocycles. The molecule has 2 heterocycles. The van der Waals surface area contributed by atoms with Gasteiger partial charge in [0, 0.05) is 38.6 Å². The maximum Gasteiger partial charge on any atom is 0.307 e. The molecule has 2 aromatic rings. The van der Waals surface area contributed by atoms with Crippen LogP contribution in [-0.4, -0.2) is 66.8 Å². The number of ether oxygens (including phenoxy) is 1. The quantitative estimate of drug-likeness (QED) is 0.648. The number of hydrogen-bond acceptors (Lipinski definition) is 6. The van der Waals surface area contributed by atoms with E-state index in [1.807, 2.05) is 12.1 Å². The summed E-state index contributed by atoms with van der Waals surface area (Å²) in [6.45, 7) is 5.54. The zero-order valence-electron chi connectivity index (χ0n) is 18.6. The van der Waals surface area contributed by atoms with Gasteiger partial charge in [-0.25, -0.2) is 0 Å². The first kappa shape index (κ1) is 22.5. The summed E-state index contributed by atoms with van der Waals surface area (Å²) < 4.78 is 5.05. The van der Waals surface area contributed by atoms with Gasteiger partial charge in [0.2, 0.25) is 5.91 Å². The number of rotatable bonds is 7. The van der Waals surface area contributed by atoms with Gasteiger partial charge in [0.05, 0.1) is 19.1 Å². The smallest absolute Gasteiger partial charge is 0.307 e. The number of esters is 1. The lowest BCUT2D eigenvalue weighted by Gasteiger charge is -2.44. The van der Waals surface area contributed by atoms with Crippen LogP contribution in [0.5, 0.6) is 0 Å². The number of carbonyl (C=O) groups excluding carboxylic acids is 2. The lowest BCUT2D eigenvalue weighted by atomic mass is 9.96. The first-order valence-corrected chi connectivity index (χ1v) is 11.4. The standard InChI is InChI=1S/C25H32N4O3/c1-2-32-23(31)18-21-17-22(30)27-25(26-21)29-15-13-28(14-16-29)24(19-9-5-3-6-10-19)20-11-7-4-8-12-20/h3-12,21,24-26H,2,13-18H2,1H3,(H,27,30). The van der Waals surface area contributed by atoms with Crippen molar-refractivity contribution in [2.75, 3.05) is 32.8 Å². The minimum absolute atomic E-state index is 0.0306. The first-order chi connectivity index (χ1) is 15.6. The van der Waals surface area contributed by atoms with Gasteiger partial charge in [-0.1, -0.05) is 60.7 Å². The van der Waals surface area contributed by atoms with E-state index >= 15 is 0 Å². The second-order valence-corrected chi connectivity index (χ2v) is 8.34. The van der Waals surface area contributed by atoms with E-state index in [-0.39, 0.29) is 36.7 Å². The Bertz CT molecular complexity index is 845. The molecule has 0 bridgehead atoms. The lowest BCUT2D eigenvalue weighted by molar-refractivity contribution is -0.144. The monoisotopic (exact) mass is 436 g/mol. The molecule has 2 N–H and O–H groups in total. The van der Waals surface area contributed by atoms with Crippen LogP contribution < -0.4 is 10.6 Å². The third kappa shape index (κ3) is 5.54. The van der Waals surface area contributed by atoms with Gasteiger partial charge in [0.15, 0.2) is 0 Å². The normalized spacial score (nSPS) is 22.5. The van der Waals surface area contributed by atoms with Gasteiger partial charge < -0.3 is 10.1 Å². The van der Waals surface area contributed by atoms with Gasteiger partial charge in [-0.05, 0) is 18.1 Å². The number of nitrogens with one attached hydrogen (secondary N) is 2. The van der Waals surface area contributed by atoms with Crippen LogP contribution in [0.3, 0.4) is 0 Å². The molecule has 7 heteroatoms. The second kappa shape index (κ2) is 10.7. The van der Waals surface area contributed by atoms with Crippen LogP contribution in [0.15, 0.2) is 60.7 Å². The molecule has 2 atom stereocenters. The molecule has 0 saturated carbocycles. The molecule has 0 spiro atoms. The molecule has 1 amide bonds. The summed E-state index contributed by atoms with van der Waals surface area (Å²) in [4.78, 5) is 28.9. The van der Waals surface area contributed by atoms with Crippen molar-refractivity contribution in [1.29, 1.82) is 0 Å². The fraction of sp³-hybridized carbons (Fsp3) is 0.440. The average Bonchev–Trinajstić information content (AvgIpc) is 2.81. The zero-order chi connectivity index (χ0) is 22.3. The lowest BCUT2D eigenvalue weighted by Crippen LogP contribution is -2.66. The van der Waals surface area contributed by atoms with Crippen molar-refractivity contribution in [1.82, 2.24) is 20.4 Å². The van der Waals surface area contributed by atoms with Crippen LogP contribution in [0.2, 0.25) is 0 Å². The first-order valence-electron chi connectivity index (χ1n) is 11.4. The fourth-order valence-corrected chi connectivity index (χ4v) is 4.65. The highest BCUT2D eigenvalue weighted by Gasteiger charge is 2.34. The molecule has 2 aliphatic heterocycles. The Balaban J connectivity index is 1.41. The molecule has 2 unspecified atom stereocenters. The van der Waals surface area contributed by atoms with E-state index in [1.165, 1.54) is 11.1 Å². The molecular formula is C25H32N4O3. The maximum absolute atomic E-state index is 12.3. The van der Waals surface area contributed by atoms with Crippen molar-refractivity contribution in [3.05, 3.63) is 71.8 Å². The third-order valence-electron chi connectivity index (χ3n) is 6.15. The second-order valence-electron chi connectivity index (χ2n) is 8.34. The van der Waals surface area contributed by atoms with E-state index in [1.54, 1.807) is 6.92 Å². The van der Waals surface area contributed by atoms with Gasteiger partial charge in [-0.3, -0.25) is 24.7 Å². The molecule has 2 aliphatic rings. The van der Waals surface area contributed by atoms with Crippen molar-refractivity contribution in [2.45, 2.75) is 38.1 Å². The Morgan fingerprint density at radius 1 is 1.00 bits per heavy atom. The number of piperazine rings is 1. The largest absolute Gasteiger partial charge is 0.466 e. The summed E-state index contributed by atoms with van der Waals surface area (Å²) >= 11 is 0.